The summed E-state index contributed by atoms with van der Waals surface area (Å²) in [5.41, 5.74) is 5.11. The molecule has 7 nitrogen and oxygen atoms in total. The van der Waals surface area contributed by atoms with Crippen LogP contribution in [0.5, 0.6) is 0 Å². The zero-order chi connectivity index (χ0) is 23.5. The van der Waals surface area contributed by atoms with Gasteiger partial charge in [0.2, 0.25) is 0 Å². The van der Waals surface area contributed by atoms with Crippen LogP contribution in [0, 0.1) is 5.82 Å². The predicted molar refractivity (Wildman–Crippen MR) is 133 cm³/mol. The number of nitrogens with one attached hydrogen (secondary N) is 5. The first-order valence-corrected chi connectivity index (χ1v) is 10.6. The van der Waals surface area contributed by atoms with Gasteiger partial charge in [0.05, 0.1) is 16.9 Å². The van der Waals surface area contributed by atoms with E-state index in [1.54, 1.807) is 36.5 Å². The van der Waals surface area contributed by atoms with Gasteiger partial charge >= 0.3 is 6.03 Å². The van der Waals surface area contributed by atoms with Gasteiger partial charge in [-0.3, -0.25) is 4.79 Å². The van der Waals surface area contributed by atoms with Gasteiger partial charge in [-0.05, 0) is 60.7 Å². The Balaban J connectivity index is 1.29. The fourth-order valence-electron chi connectivity index (χ4n) is 3.69. The topological polar surface area (TPSA) is 98.1 Å². The maximum absolute atomic E-state index is 13.7. The van der Waals surface area contributed by atoms with Crippen LogP contribution in [-0.2, 0) is 4.79 Å². The van der Waals surface area contributed by atoms with Gasteiger partial charge in [-0.15, -0.1) is 0 Å². The predicted octanol–water partition coefficient (Wildman–Crippen LogP) is 6.03. The smallest absolute Gasteiger partial charge is 0.323 e. The lowest BCUT2D eigenvalue weighted by Crippen LogP contribution is -2.20. The number of carbonyl (C=O) groups is 2. The molecule has 1 aliphatic heterocycles. The third kappa shape index (κ3) is 4.51. The van der Waals surface area contributed by atoms with Crippen molar-refractivity contribution in [2.75, 3.05) is 21.3 Å². The zero-order valence-corrected chi connectivity index (χ0v) is 17.9. The summed E-state index contributed by atoms with van der Waals surface area (Å²) in [6, 6.07) is 21.9. The van der Waals surface area contributed by atoms with E-state index in [9.17, 15) is 14.0 Å². The molecule has 1 aliphatic rings. The van der Waals surface area contributed by atoms with Crippen molar-refractivity contribution in [3.05, 3.63) is 102 Å². The molecule has 0 saturated carbocycles. The van der Waals surface area contributed by atoms with Crippen LogP contribution in [0.4, 0.5) is 37.6 Å². The molecule has 3 amide bonds. The Morgan fingerprint density at radius 2 is 1.68 bits per heavy atom. The van der Waals surface area contributed by atoms with Gasteiger partial charge in [-0.1, -0.05) is 24.3 Å². The number of para-hydroxylation sites is 1. The maximum Gasteiger partial charge on any atom is 0.323 e. The highest BCUT2D eigenvalue weighted by Gasteiger charge is 2.24. The lowest BCUT2D eigenvalue weighted by Gasteiger charge is -2.11. The number of rotatable bonds is 5. The van der Waals surface area contributed by atoms with Crippen molar-refractivity contribution in [1.82, 2.24) is 4.98 Å². The summed E-state index contributed by atoms with van der Waals surface area (Å²) < 4.78 is 13.7. The zero-order valence-electron chi connectivity index (χ0n) is 17.9. The van der Waals surface area contributed by atoms with Gasteiger partial charge in [0.1, 0.15) is 5.82 Å². The van der Waals surface area contributed by atoms with E-state index in [2.05, 4.69) is 26.3 Å². The number of amides is 3. The fraction of sp³-hybridized carbons (Fsp3) is 0. The fourth-order valence-corrected chi connectivity index (χ4v) is 3.69. The number of aromatic nitrogens is 1. The highest BCUT2D eigenvalue weighted by atomic mass is 19.1. The summed E-state index contributed by atoms with van der Waals surface area (Å²) in [5.74, 6) is -0.670. The minimum atomic E-state index is -0.552. The van der Waals surface area contributed by atoms with Gasteiger partial charge in [0.25, 0.3) is 5.91 Å². The Kier molecular flexibility index (Phi) is 5.53. The van der Waals surface area contributed by atoms with Crippen molar-refractivity contribution in [1.29, 1.82) is 0 Å². The molecule has 4 aromatic rings. The monoisotopic (exact) mass is 453 g/mol. The number of urea groups is 1. The minimum Gasteiger partial charge on any atom is -0.362 e. The molecule has 0 saturated heterocycles. The quantitative estimate of drug-likeness (QED) is 0.239. The first-order valence-electron chi connectivity index (χ1n) is 10.6. The van der Waals surface area contributed by atoms with E-state index in [4.69, 9.17) is 0 Å². The normalized spacial score (nSPS) is 13.3. The summed E-state index contributed by atoms with van der Waals surface area (Å²) in [4.78, 5) is 27.8. The average Bonchev–Trinajstić information content (AvgIpc) is 3.43. The summed E-state index contributed by atoms with van der Waals surface area (Å²) >= 11 is 0. The van der Waals surface area contributed by atoms with Crippen LogP contribution < -0.4 is 21.3 Å². The molecule has 1 aromatic heterocycles. The summed E-state index contributed by atoms with van der Waals surface area (Å²) in [6.45, 7) is 0. The summed E-state index contributed by atoms with van der Waals surface area (Å²) in [6.07, 6.45) is 3.62. The molecule has 168 valence electrons. The third-order valence-corrected chi connectivity index (χ3v) is 5.26. The Hall–Kier alpha value is -4.85. The highest BCUT2D eigenvalue weighted by molar-refractivity contribution is 6.35. The van der Waals surface area contributed by atoms with Crippen molar-refractivity contribution in [3.8, 4) is 0 Å². The van der Waals surface area contributed by atoms with Crippen molar-refractivity contribution in [2.45, 2.75) is 0 Å². The number of fused-ring (bicyclic) bond motifs is 1. The molecular formula is C26H20FN5O2. The number of hydrogen-bond acceptors (Lipinski definition) is 3. The Morgan fingerprint density at radius 3 is 2.50 bits per heavy atom. The molecule has 0 unspecified atom stereocenters. The van der Waals surface area contributed by atoms with Crippen LogP contribution in [0.2, 0.25) is 0 Å². The van der Waals surface area contributed by atoms with E-state index < -0.39 is 11.8 Å². The molecule has 0 fully saturated rings. The first-order chi connectivity index (χ1) is 16.5. The standard InChI is InChI=1S/C26H20FN5O2/c27-22-8-1-2-9-23(22)32-26(34)30-18-6-3-5-17(13-18)29-19-10-11-20-21(14-16-7-4-12-28-16)25(33)31-24(20)15-19/h1-15,28-29H,(H,31,33)(H2,30,32,34)/b21-14-. The van der Waals surface area contributed by atoms with E-state index >= 15 is 0 Å². The molecule has 0 bridgehead atoms. The second kappa shape index (κ2) is 8.95. The number of H-pyrrole nitrogens is 1. The van der Waals surface area contributed by atoms with Gasteiger partial charge in [-0.25, -0.2) is 9.18 Å². The van der Waals surface area contributed by atoms with Gasteiger partial charge in [0, 0.05) is 34.5 Å². The number of benzene rings is 3. The average molecular weight is 453 g/mol. The maximum atomic E-state index is 13.7. The number of carbonyl (C=O) groups excluding carboxylic acids is 2. The van der Waals surface area contributed by atoms with Crippen molar-refractivity contribution < 1.29 is 14.0 Å². The van der Waals surface area contributed by atoms with E-state index in [1.807, 2.05) is 42.5 Å². The number of halogens is 1. The van der Waals surface area contributed by atoms with E-state index in [0.29, 0.717) is 16.9 Å². The van der Waals surface area contributed by atoms with Crippen LogP contribution >= 0.6 is 0 Å². The summed E-state index contributed by atoms with van der Waals surface area (Å²) in [7, 11) is 0. The van der Waals surface area contributed by atoms with E-state index in [1.165, 1.54) is 12.1 Å². The lowest BCUT2D eigenvalue weighted by molar-refractivity contribution is -0.110. The molecule has 34 heavy (non-hydrogen) atoms. The first kappa shape index (κ1) is 21.0. The van der Waals surface area contributed by atoms with Crippen molar-refractivity contribution in [3.63, 3.8) is 0 Å². The van der Waals surface area contributed by atoms with E-state index in [-0.39, 0.29) is 11.6 Å². The molecule has 3 aromatic carbocycles. The molecule has 8 heteroatoms. The van der Waals surface area contributed by atoms with Gasteiger partial charge in [0.15, 0.2) is 0 Å². The molecule has 0 radical (unpaired) electrons. The Bertz CT molecular complexity index is 1410. The largest absolute Gasteiger partial charge is 0.362 e. The number of hydrogen-bond donors (Lipinski definition) is 5. The molecule has 0 spiro atoms. The number of aromatic amines is 1. The lowest BCUT2D eigenvalue weighted by atomic mass is 10.1. The second-order valence-corrected chi connectivity index (χ2v) is 7.66. The van der Waals surface area contributed by atoms with Crippen LogP contribution in [0.25, 0.3) is 11.6 Å². The van der Waals surface area contributed by atoms with E-state index in [0.717, 1.165) is 22.6 Å². The molecule has 0 atom stereocenters. The molecule has 5 N–H and O–H groups in total. The van der Waals surface area contributed by atoms with Gasteiger partial charge < -0.3 is 26.3 Å². The Labute approximate surface area is 194 Å². The van der Waals surface area contributed by atoms with Crippen LogP contribution in [0.3, 0.4) is 0 Å². The Morgan fingerprint density at radius 1 is 0.853 bits per heavy atom. The third-order valence-electron chi connectivity index (χ3n) is 5.26. The van der Waals surface area contributed by atoms with Crippen LogP contribution in [-0.4, -0.2) is 16.9 Å². The van der Waals surface area contributed by atoms with Gasteiger partial charge in [-0.2, -0.15) is 0 Å². The second-order valence-electron chi connectivity index (χ2n) is 7.66. The van der Waals surface area contributed by atoms with Crippen molar-refractivity contribution in [2.24, 2.45) is 0 Å². The van der Waals surface area contributed by atoms with Crippen LogP contribution in [0.1, 0.15) is 11.3 Å². The highest BCUT2D eigenvalue weighted by Crippen LogP contribution is 2.35. The molecular weight excluding hydrogens is 433 g/mol. The molecule has 0 aliphatic carbocycles. The SMILES string of the molecule is O=C(Nc1cccc(Nc2ccc3c(c2)NC(=O)/C3=C\c2ccc[nH]2)c1)Nc1ccccc1F. The molecule has 5 rings (SSSR count). The van der Waals surface area contributed by atoms with Crippen LogP contribution in [0.15, 0.2) is 85.1 Å². The number of anilines is 5. The van der Waals surface area contributed by atoms with Crippen molar-refractivity contribution >= 4 is 52.0 Å². The summed E-state index contributed by atoms with van der Waals surface area (Å²) in [5, 5.41) is 11.3. The molecule has 2 heterocycles. The minimum absolute atomic E-state index is 0.0964.